The third-order valence-corrected chi connectivity index (χ3v) is 4.87. The van der Waals surface area contributed by atoms with Crippen LogP contribution in [0, 0.1) is 0 Å². The highest BCUT2D eigenvalue weighted by molar-refractivity contribution is 6.08. The average Bonchev–Trinajstić information content (AvgIpc) is 3.15. The number of rotatable bonds is 4. The molecule has 2 aromatic carbocycles. The van der Waals surface area contributed by atoms with Crippen LogP contribution in [0.2, 0.25) is 0 Å². The third-order valence-electron chi connectivity index (χ3n) is 4.87. The van der Waals surface area contributed by atoms with Crippen LogP contribution in [-0.4, -0.2) is 21.1 Å². The summed E-state index contributed by atoms with van der Waals surface area (Å²) in [5, 5.41) is 14.1. The molecule has 30 heavy (non-hydrogen) atoms. The highest BCUT2D eigenvalue weighted by Gasteiger charge is 2.18. The van der Waals surface area contributed by atoms with Crippen LogP contribution in [0.3, 0.4) is 0 Å². The van der Waals surface area contributed by atoms with Gasteiger partial charge in [-0.25, -0.2) is 4.98 Å². The first kappa shape index (κ1) is 19.4. The number of nitrogens with zero attached hydrogens (tertiary/aromatic N) is 2. The summed E-state index contributed by atoms with van der Waals surface area (Å²) >= 11 is 0. The Kier molecular flexibility index (Phi) is 4.87. The molecule has 4 aromatic rings. The van der Waals surface area contributed by atoms with Crippen molar-refractivity contribution < 1.29 is 4.79 Å². The first-order valence-corrected chi connectivity index (χ1v) is 9.68. The highest BCUT2D eigenvalue weighted by Crippen LogP contribution is 2.30. The fraction of sp³-hybridized carbons (Fsp3) is 0.174. The molecule has 0 aliphatic heterocycles. The number of hydrogen-bond acceptors (Lipinski definition) is 5. The molecule has 0 aliphatic carbocycles. The van der Waals surface area contributed by atoms with Gasteiger partial charge in [0.15, 0.2) is 0 Å². The minimum absolute atomic E-state index is 0.0666. The van der Waals surface area contributed by atoms with Gasteiger partial charge in [-0.3, -0.25) is 9.89 Å². The first-order chi connectivity index (χ1) is 14.3. The number of fused-ring (bicyclic) bond motifs is 1. The van der Waals surface area contributed by atoms with Gasteiger partial charge in [0.05, 0.1) is 17.3 Å². The Balaban J connectivity index is 1.57. The van der Waals surface area contributed by atoms with Gasteiger partial charge in [-0.15, -0.1) is 0 Å². The Morgan fingerprint density at radius 3 is 2.63 bits per heavy atom. The van der Waals surface area contributed by atoms with Crippen LogP contribution < -0.4 is 16.4 Å². The van der Waals surface area contributed by atoms with E-state index >= 15 is 0 Å². The third kappa shape index (κ3) is 3.96. The molecule has 152 valence electrons. The maximum Gasteiger partial charge on any atom is 0.259 e. The van der Waals surface area contributed by atoms with Crippen molar-refractivity contribution in [2.75, 3.05) is 16.4 Å². The molecule has 5 N–H and O–H groups in total. The van der Waals surface area contributed by atoms with Crippen LogP contribution in [-0.2, 0) is 5.41 Å². The number of hydrogen-bond donors (Lipinski definition) is 4. The Morgan fingerprint density at radius 1 is 1.07 bits per heavy atom. The van der Waals surface area contributed by atoms with Gasteiger partial charge in [0.1, 0.15) is 5.82 Å². The molecule has 0 bridgehead atoms. The van der Waals surface area contributed by atoms with Crippen molar-refractivity contribution in [3.8, 4) is 0 Å². The SMILES string of the molecule is CC(C)(C)c1ccc(NC(=O)c2cccnc2Nc2ccc3cn[nH]c3c2)cc1N. The summed E-state index contributed by atoms with van der Waals surface area (Å²) in [7, 11) is 0. The average molecular weight is 400 g/mol. The number of nitrogens with one attached hydrogen (secondary N) is 3. The van der Waals surface area contributed by atoms with Crippen LogP contribution in [0.5, 0.6) is 0 Å². The summed E-state index contributed by atoms with van der Waals surface area (Å²) < 4.78 is 0. The lowest BCUT2D eigenvalue weighted by Gasteiger charge is -2.21. The highest BCUT2D eigenvalue weighted by atomic mass is 16.1. The monoisotopic (exact) mass is 400 g/mol. The maximum absolute atomic E-state index is 12.9. The molecule has 0 saturated carbocycles. The van der Waals surface area contributed by atoms with E-state index < -0.39 is 0 Å². The second-order valence-corrected chi connectivity index (χ2v) is 8.20. The number of nitrogens with two attached hydrogens (primary N) is 1. The zero-order chi connectivity index (χ0) is 21.3. The van der Waals surface area contributed by atoms with Crippen molar-refractivity contribution in [2.24, 2.45) is 0 Å². The number of benzene rings is 2. The number of anilines is 4. The standard InChI is InChI=1S/C23H24N6O/c1-23(2,3)18-9-8-15(11-19(18)24)28-22(30)17-5-4-10-25-21(17)27-16-7-6-14-13-26-29-20(14)12-16/h4-13H,24H2,1-3H3,(H,25,27)(H,26,29)(H,28,30). The molecule has 0 unspecified atom stereocenters. The van der Waals surface area contributed by atoms with Gasteiger partial charge in [-0.05, 0) is 53.4 Å². The van der Waals surface area contributed by atoms with Gasteiger partial charge in [-0.1, -0.05) is 26.8 Å². The Hall–Kier alpha value is -3.87. The minimum atomic E-state index is -0.267. The predicted molar refractivity (Wildman–Crippen MR) is 121 cm³/mol. The molecule has 0 aliphatic rings. The Bertz CT molecular complexity index is 1220. The molecular weight excluding hydrogens is 376 g/mol. The van der Waals surface area contributed by atoms with Crippen LogP contribution >= 0.6 is 0 Å². The quantitative estimate of drug-likeness (QED) is 0.367. The fourth-order valence-corrected chi connectivity index (χ4v) is 3.36. The lowest BCUT2D eigenvalue weighted by Crippen LogP contribution is -2.17. The van der Waals surface area contributed by atoms with Crippen molar-refractivity contribution in [3.63, 3.8) is 0 Å². The number of H-pyrrole nitrogens is 1. The number of carbonyl (C=O) groups excluding carboxylic acids is 1. The van der Waals surface area contributed by atoms with Crippen LogP contribution in [0.1, 0.15) is 36.7 Å². The van der Waals surface area contributed by atoms with E-state index in [1.165, 1.54) is 0 Å². The summed E-state index contributed by atoms with van der Waals surface area (Å²) in [6.45, 7) is 6.31. The molecule has 2 aromatic heterocycles. The predicted octanol–water partition coefficient (Wildman–Crippen LogP) is 4.83. The van der Waals surface area contributed by atoms with Crippen LogP contribution in [0.4, 0.5) is 22.9 Å². The van der Waals surface area contributed by atoms with Crippen LogP contribution in [0.25, 0.3) is 10.9 Å². The number of pyridine rings is 1. The Morgan fingerprint density at radius 2 is 1.87 bits per heavy atom. The van der Waals surface area contributed by atoms with Gasteiger partial charge >= 0.3 is 0 Å². The maximum atomic E-state index is 12.9. The molecule has 1 amide bonds. The van der Waals surface area contributed by atoms with E-state index in [0.717, 1.165) is 22.2 Å². The van der Waals surface area contributed by atoms with E-state index in [1.54, 1.807) is 30.6 Å². The topological polar surface area (TPSA) is 109 Å². The van der Waals surface area contributed by atoms with E-state index in [0.29, 0.717) is 22.8 Å². The molecule has 0 atom stereocenters. The lowest BCUT2D eigenvalue weighted by molar-refractivity contribution is 0.102. The van der Waals surface area contributed by atoms with Crippen molar-refractivity contribution >= 4 is 39.7 Å². The summed E-state index contributed by atoms with van der Waals surface area (Å²) in [6, 6.07) is 14.8. The van der Waals surface area contributed by atoms with Crippen molar-refractivity contribution in [2.45, 2.75) is 26.2 Å². The van der Waals surface area contributed by atoms with Crippen molar-refractivity contribution in [1.29, 1.82) is 0 Å². The number of carbonyl (C=O) groups is 1. The van der Waals surface area contributed by atoms with E-state index in [4.69, 9.17) is 5.73 Å². The number of aromatic amines is 1. The summed E-state index contributed by atoms with van der Waals surface area (Å²) in [5.74, 6) is 0.198. The Labute approximate surface area is 174 Å². The molecule has 4 rings (SSSR count). The fourth-order valence-electron chi connectivity index (χ4n) is 3.36. The summed E-state index contributed by atoms with van der Waals surface area (Å²) in [5.41, 5.74) is 10.6. The second kappa shape index (κ2) is 7.51. The van der Waals surface area contributed by atoms with Gasteiger partial charge in [0.2, 0.25) is 0 Å². The van der Waals surface area contributed by atoms with Gasteiger partial charge < -0.3 is 16.4 Å². The minimum Gasteiger partial charge on any atom is -0.398 e. The lowest BCUT2D eigenvalue weighted by atomic mass is 9.86. The molecule has 0 saturated heterocycles. The molecule has 7 heteroatoms. The van der Waals surface area contributed by atoms with E-state index in [1.807, 2.05) is 30.3 Å². The normalized spacial score (nSPS) is 11.4. The van der Waals surface area contributed by atoms with Gasteiger partial charge in [0.25, 0.3) is 5.91 Å². The number of aromatic nitrogens is 3. The van der Waals surface area contributed by atoms with Gasteiger partial charge in [0, 0.05) is 28.6 Å². The molecule has 0 radical (unpaired) electrons. The molecule has 0 spiro atoms. The van der Waals surface area contributed by atoms with Crippen LogP contribution in [0.15, 0.2) is 60.9 Å². The molecular formula is C23H24N6O. The van der Waals surface area contributed by atoms with E-state index in [-0.39, 0.29) is 11.3 Å². The molecule has 2 heterocycles. The van der Waals surface area contributed by atoms with E-state index in [2.05, 4.69) is 46.6 Å². The second-order valence-electron chi connectivity index (χ2n) is 8.20. The smallest absolute Gasteiger partial charge is 0.259 e. The summed E-state index contributed by atoms with van der Waals surface area (Å²) in [4.78, 5) is 17.3. The number of amides is 1. The van der Waals surface area contributed by atoms with E-state index in [9.17, 15) is 4.79 Å². The molecule has 0 fully saturated rings. The first-order valence-electron chi connectivity index (χ1n) is 9.68. The zero-order valence-electron chi connectivity index (χ0n) is 17.2. The van der Waals surface area contributed by atoms with Crippen molar-refractivity contribution in [3.05, 3.63) is 72.1 Å². The van der Waals surface area contributed by atoms with Crippen molar-refractivity contribution in [1.82, 2.24) is 15.2 Å². The largest absolute Gasteiger partial charge is 0.398 e. The van der Waals surface area contributed by atoms with Gasteiger partial charge in [-0.2, -0.15) is 5.10 Å². The number of nitrogen functional groups attached to an aromatic ring is 1. The summed E-state index contributed by atoms with van der Waals surface area (Å²) in [6.07, 6.45) is 3.40. The molecule has 7 nitrogen and oxygen atoms in total. The zero-order valence-corrected chi connectivity index (χ0v) is 17.2.